The number of carbonyl (C=O) groups is 2. The largest absolute Gasteiger partial charge is 0.396 e. The standard InChI is InChI=1S/C21H17ClF2N6O3/c22-17-16(11-6-25-29-19(11)20(18(17)24)28-15(32)3-4-31)9-1-2-14-26-13(8-30(14)7-9)27-21(33)10-5-12(10)23/h1-2,6-8,10,12,31H,3-5H2,(H,25,29)(H,27,33)(H,28,32)/t10-,12+/m1/s1. The second-order valence-electron chi connectivity index (χ2n) is 7.72. The number of carbonyl (C=O) groups excluding carboxylic acids is 2. The highest BCUT2D eigenvalue weighted by molar-refractivity contribution is 6.36. The van der Waals surface area contributed by atoms with Crippen LogP contribution in [0.2, 0.25) is 5.02 Å². The molecule has 4 N–H and O–H groups in total. The summed E-state index contributed by atoms with van der Waals surface area (Å²) in [6.07, 6.45) is 3.59. The summed E-state index contributed by atoms with van der Waals surface area (Å²) in [5, 5.41) is 20.8. The van der Waals surface area contributed by atoms with E-state index in [1.54, 1.807) is 28.9 Å². The SMILES string of the molecule is O=C(CCO)Nc1c(F)c(Cl)c(-c2ccc3nc(NC(=O)[C@@H]4C[C@@H]4F)cn3c2)c2cn[nH]c12. The molecule has 0 aliphatic heterocycles. The molecular weight excluding hydrogens is 458 g/mol. The summed E-state index contributed by atoms with van der Waals surface area (Å²) in [7, 11) is 0. The van der Waals surface area contributed by atoms with Crippen LogP contribution in [0.1, 0.15) is 12.8 Å². The van der Waals surface area contributed by atoms with Crippen LogP contribution in [0.4, 0.5) is 20.3 Å². The van der Waals surface area contributed by atoms with E-state index in [9.17, 15) is 14.0 Å². The zero-order chi connectivity index (χ0) is 23.3. The van der Waals surface area contributed by atoms with Crippen LogP contribution in [0.25, 0.3) is 27.7 Å². The number of hydrogen-bond donors (Lipinski definition) is 4. The molecule has 5 rings (SSSR count). The summed E-state index contributed by atoms with van der Waals surface area (Å²) < 4.78 is 29.9. The highest BCUT2D eigenvalue weighted by Crippen LogP contribution is 2.41. The van der Waals surface area contributed by atoms with Crippen molar-refractivity contribution in [3.63, 3.8) is 0 Å². The lowest BCUT2D eigenvalue weighted by Gasteiger charge is -2.13. The van der Waals surface area contributed by atoms with Gasteiger partial charge in [-0.25, -0.2) is 13.8 Å². The van der Waals surface area contributed by atoms with Crippen molar-refractivity contribution < 1.29 is 23.5 Å². The van der Waals surface area contributed by atoms with E-state index in [0.29, 0.717) is 22.2 Å². The average Bonchev–Trinajstić information content (AvgIpc) is 3.15. The van der Waals surface area contributed by atoms with E-state index < -0.39 is 29.7 Å². The van der Waals surface area contributed by atoms with Gasteiger partial charge in [0.2, 0.25) is 11.8 Å². The minimum atomic E-state index is -1.11. The molecule has 4 aromatic rings. The Morgan fingerprint density at radius 1 is 1.30 bits per heavy atom. The predicted octanol–water partition coefficient (Wildman–Crippen LogP) is 3.29. The summed E-state index contributed by atoms with van der Waals surface area (Å²) in [6.45, 7) is -0.381. The number of benzene rings is 1. The Kier molecular flexibility index (Phi) is 5.22. The number of H-pyrrole nitrogens is 1. The number of halogens is 3. The maximum absolute atomic E-state index is 15.2. The second kappa shape index (κ2) is 8.09. The van der Waals surface area contributed by atoms with Gasteiger partial charge in [0.1, 0.15) is 17.5 Å². The molecule has 0 radical (unpaired) electrons. The molecule has 0 bridgehead atoms. The first-order chi connectivity index (χ1) is 15.9. The molecule has 1 aromatic carbocycles. The number of imidazole rings is 1. The summed E-state index contributed by atoms with van der Waals surface area (Å²) >= 11 is 6.38. The Labute approximate surface area is 189 Å². The van der Waals surface area contributed by atoms with Gasteiger partial charge in [0.15, 0.2) is 11.6 Å². The predicted molar refractivity (Wildman–Crippen MR) is 117 cm³/mol. The maximum atomic E-state index is 15.2. The van der Waals surface area contributed by atoms with Crippen molar-refractivity contribution in [1.29, 1.82) is 0 Å². The second-order valence-corrected chi connectivity index (χ2v) is 8.09. The number of nitrogens with one attached hydrogen (secondary N) is 3. The van der Waals surface area contributed by atoms with Crippen molar-refractivity contribution in [3.8, 4) is 11.1 Å². The van der Waals surface area contributed by atoms with Crippen molar-refractivity contribution >= 4 is 51.5 Å². The number of aliphatic hydroxyl groups is 1. The van der Waals surface area contributed by atoms with Gasteiger partial charge < -0.3 is 20.1 Å². The number of pyridine rings is 1. The molecule has 3 heterocycles. The lowest BCUT2D eigenvalue weighted by molar-refractivity contribution is -0.118. The van der Waals surface area contributed by atoms with Crippen LogP contribution >= 0.6 is 11.6 Å². The third-order valence-corrected chi connectivity index (χ3v) is 5.79. The number of aromatic nitrogens is 4. The number of amides is 2. The van der Waals surface area contributed by atoms with Gasteiger partial charge in [-0.2, -0.15) is 5.10 Å². The van der Waals surface area contributed by atoms with Gasteiger partial charge in [0.25, 0.3) is 0 Å². The average molecular weight is 475 g/mol. The zero-order valence-electron chi connectivity index (χ0n) is 16.9. The van der Waals surface area contributed by atoms with Crippen molar-refractivity contribution in [2.24, 2.45) is 5.92 Å². The van der Waals surface area contributed by atoms with Gasteiger partial charge in [-0.1, -0.05) is 11.6 Å². The number of fused-ring (bicyclic) bond motifs is 2. The van der Waals surface area contributed by atoms with Crippen LogP contribution in [0.15, 0.2) is 30.7 Å². The summed E-state index contributed by atoms with van der Waals surface area (Å²) in [4.78, 5) is 28.2. The van der Waals surface area contributed by atoms with Crippen LogP contribution in [-0.2, 0) is 9.59 Å². The fraction of sp³-hybridized carbons (Fsp3) is 0.238. The molecule has 1 fully saturated rings. The molecule has 9 nitrogen and oxygen atoms in total. The van der Waals surface area contributed by atoms with Crippen LogP contribution < -0.4 is 10.6 Å². The molecule has 1 aliphatic carbocycles. The van der Waals surface area contributed by atoms with E-state index in [4.69, 9.17) is 16.7 Å². The number of alkyl halides is 1. The molecule has 0 unspecified atom stereocenters. The van der Waals surface area contributed by atoms with E-state index in [1.807, 2.05) is 0 Å². The van der Waals surface area contributed by atoms with E-state index in [1.165, 1.54) is 6.20 Å². The van der Waals surface area contributed by atoms with Crippen molar-refractivity contribution in [1.82, 2.24) is 19.6 Å². The summed E-state index contributed by atoms with van der Waals surface area (Å²) in [5.41, 5.74) is 1.47. The fourth-order valence-electron chi connectivity index (χ4n) is 3.67. The molecule has 170 valence electrons. The van der Waals surface area contributed by atoms with E-state index in [2.05, 4.69) is 25.8 Å². The Hall–Kier alpha value is -3.57. The Balaban J connectivity index is 1.54. The zero-order valence-corrected chi connectivity index (χ0v) is 17.7. The van der Waals surface area contributed by atoms with Gasteiger partial charge in [0.05, 0.1) is 41.9 Å². The topological polar surface area (TPSA) is 124 Å². The van der Waals surface area contributed by atoms with Gasteiger partial charge >= 0.3 is 0 Å². The number of nitrogens with zero attached hydrogens (tertiary/aromatic N) is 3. The minimum Gasteiger partial charge on any atom is -0.396 e. The van der Waals surface area contributed by atoms with Gasteiger partial charge in [0, 0.05) is 22.7 Å². The smallest absolute Gasteiger partial charge is 0.231 e. The van der Waals surface area contributed by atoms with E-state index >= 15 is 4.39 Å². The Morgan fingerprint density at radius 2 is 2.09 bits per heavy atom. The lowest BCUT2D eigenvalue weighted by atomic mass is 10.0. The molecule has 0 saturated heterocycles. The Bertz CT molecular complexity index is 1420. The third kappa shape index (κ3) is 3.79. The molecule has 1 saturated carbocycles. The first kappa shape index (κ1) is 21.3. The van der Waals surface area contributed by atoms with Gasteiger partial charge in [-0.15, -0.1) is 0 Å². The van der Waals surface area contributed by atoms with Crippen LogP contribution in [-0.4, -0.2) is 49.3 Å². The molecule has 3 aromatic heterocycles. The molecule has 0 spiro atoms. The van der Waals surface area contributed by atoms with Crippen LogP contribution in [0.3, 0.4) is 0 Å². The van der Waals surface area contributed by atoms with Crippen molar-refractivity contribution in [2.45, 2.75) is 19.0 Å². The van der Waals surface area contributed by atoms with Crippen LogP contribution in [0.5, 0.6) is 0 Å². The van der Waals surface area contributed by atoms with E-state index in [0.717, 1.165) is 0 Å². The fourth-order valence-corrected chi connectivity index (χ4v) is 3.98. The van der Waals surface area contributed by atoms with Crippen molar-refractivity contribution in [2.75, 3.05) is 17.2 Å². The number of rotatable bonds is 6. The first-order valence-corrected chi connectivity index (χ1v) is 10.4. The number of aliphatic hydroxyl groups excluding tert-OH is 1. The molecule has 33 heavy (non-hydrogen) atoms. The summed E-state index contributed by atoms with van der Waals surface area (Å²) in [5.74, 6) is -2.22. The third-order valence-electron chi connectivity index (χ3n) is 5.43. The molecule has 2 amide bonds. The number of aromatic amines is 1. The minimum absolute atomic E-state index is 0.158. The number of hydrogen-bond acceptors (Lipinski definition) is 5. The highest BCUT2D eigenvalue weighted by Gasteiger charge is 2.43. The Morgan fingerprint density at radius 3 is 2.82 bits per heavy atom. The normalized spacial score (nSPS) is 17.5. The van der Waals surface area contributed by atoms with Crippen LogP contribution in [0, 0.1) is 11.7 Å². The molecule has 1 aliphatic rings. The lowest BCUT2D eigenvalue weighted by Crippen LogP contribution is -2.15. The number of anilines is 2. The molecule has 2 atom stereocenters. The molecule has 12 heteroatoms. The summed E-state index contributed by atoms with van der Waals surface area (Å²) in [6, 6.07) is 3.35. The van der Waals surface area contributed by atoms with Crippen molar-refractivity contribution in [3.05, 3.63) is 41.6 Å². The maximum Gasteiger partial charge on any atom is 0.231 e. The van der Waals surface area contributed by atoms with E-state index in [-0.39, 0.29) is 41.5 Å². The quantitative estimate of drug-likeness (QED) is 0.341. The van der Waals surface area contributed by atoms with Gasteiger partial charge in [-0.3, -0.25) is 14.7 Å². The highest BCUT2D eigenvalue weighted by atomic mass is 35.5. The monoisotopic (exact) mass is 474 g/mol. The molecular formula is C21H17ClF2N6O3. The first-order valence-electron chi connectivity index (χ1n) is 10.1. The van der Waals surface area contributed by atoms with Gasteiger partial charge in [-0.05, 0) is 18.6 Å².